The molecule has 0 aliphatic carbocycles. The minimum atomic E-state index is -0.284. The number of likely N-dealkylation sites (tertiary alicyclic amines) is 1. The number of ether oxygens (including phenoxy) is 1. The minimum Gasteiger partial charge on any atom is -0.450 e. The molecule has 1 fully saturated rings. The summed E-state index contributed by atoms with van der Waals surface area (Å²) in [6.45, 7) is 3.34. The number of rotatable bonds is 3. The van der Waals surface area contributed by atoms with Gasteiger partial charge in [-0.15, -0.1) is 0 Å². The molecule has 5 nitrogen and oxygen atoms in total. The van der Waals surface area contributed by atoms with E-state index in [9.17, 15) is 9.59 Å². The highest BCUT2D eigenvalue weighted by Crippen LogP contribution is 2.17. The molecule has 1 N–H and O–H groups in total. The van der Waals surface area contributed by atoms with Crippen LogP contribution >= 0.6 is 11.6 Å². The van der Waals surface area contributed by atoms with Gasteiger partial charge in [-0.3, -0.25) is 4.79 Å². The Kier molecular flexibility index (Phi) is 5.44. The van der Waals surface area contributed by atoms with Gasteiger partial charge in [0, 0.05) is 19.1 Å². The summed E-state index contributed by atoms with van der Waals surface area (Å²) in [5.74, 6) is -0.171. The molecular weight excluding hydrogens is 292 g/mol. The average Bonchev–Trinajstić information content (AvgIpc) is 2.48. The lowest BCUT2D eigenvalue weighted by Crippen LogP contribution is -2.46. The Labute approximate surface area is 129 Å². The second kappa shape index (κ2) is 7.31. The van der Waals surface area contributed by atoms with Crippen molar-refractivity contribution < 1.29 is 14.3 Å². The summed E-state index contributed by atoms with van der Waals surface area (Å²) < 4.78 is 4.96. The molecule has 1 heterocycles. The fourth-order valence-corrected chi connectivity index (χ4v) is 2.55. The van der Waals surface area contributed by atoms with E-state index in [1.807, 2.05) is 0 Å². The molecule has 0 bridgehead atoms. The summed E-state index contributed by atoms with van der Waals surface area (Å²) in [4.78, 5) is 25.4. The van der Waals surface area contributed by atoms with Crippen LogP contribution in [0.4, 0.5) is 4.79 Å². The summed E-state index contributed by atoms with van der Waals surface area (Å²) in [5.41, 5.74) is 0.479. The Morgan fingerprint density at radius 2 is 2.00 bits per heavy atom. The topological polar surface area (TPSA) is 58.6 Å². The van der Waals surface area contributed by atoms with Crippen molar-refractivity contribution in [2.75, 3.05) is 19.7 Å². The summed E-state index contributed by atoms with van der Waals surface area (Å²) in [6.07, 6.45) is 1.15. The van der Waals surface area contributed by atoms with Crippen LogP contribution in [0.5, 0.6) is 0 Å². The van der Waals surface area contributed by atoms with E-state index in [-0.39, 0.29) is 18.0 Å². The second-order valence-electron chi connectivity index (χ2n) is 4.91. The van der Waals surface area contributed by atoms with Crippen molar-refractivity contribution in [3.05, 3.63) is 34.9 Å². The fraction of sp³-hybridized carbons (Fsp3) is 0.467. The van der Waals surface area contributed by atoms with Crippen LogP contribution in [-0.4, -0.2) is 42.6 Å². The average molecular weight is 311 g/mol. The molecule has 114 valence electrons. The lowest BCUT2D eigenvalue weighted by atomic mass is 10.0. The Hall–Kier alpha value is -1.75. The highest BCUT2D eigenvalue weighted by molar-refractivity contribution is 6.33. The van der Waals surface area contributed by atoms with E-state index in [0.29, 0.717) is 30.3 Å². The van der Waals surface area contributed by atoms with Gasteiger partial charge < -0.3 is 15.0 Å². The molecule has 1 saturated heterocycles. The van der Waals surface area contributed by atoms with Crippen molar-refractivity contribution in [3.63, 3.8) is 0 Å². The molecule has 0 radical (unpaired) electrons. The summed E-state index contributed by atoms with van der Waals surface area (Å²) in [6, 6.07) is 7.02. The van der Waals surface area contributed by atoms with Gasteiger partial charge in [-0.2, -0.15) is 0 Å². The summed E-state index contributed by atoms with van der Waals surface area (Å²) >= 11 is 6.01. The van der Waals surface area contributed by atoms with Crippen molar-refractivity contribution in [1.29, 1.82) is 0 Å². The first-order valence-electron chi connectivity index (χ1n) is 7.09. The van der Waals surface area contributed by atoms with Crippen LogP contribution in [-0.2, 0) is 4.74 Å². The van der Waals surface area contributed by atoms with Gasteiger partial charge in [0.25, 0.3) is 5.91 Å². The van der Waals surface area contributed by atoms with Crippen molar-refractivity contribution in [3.8, 4) is 0 Å². The van der Waals surface area contributed by atoms with Crippen molar-refractivity contribution in [2.45, 2.75) is 25.8 Å². The van der Waals surface area contributed by atoms with E-state index < -0.39 is 0 Å². The van der Waals surface area contributed by atoms with Gasteiger partial charge in [0.05, 0.1) is 17.2 Å². The number of amides is 2. The maximum Gasteiger partial charge on any atom is 0.409 e. The number of nitrogens with one attached hydrogen (secondary N) is 1. The zero-order valence-corrected chi connectivity index (χ0v) is 12.7. The summed E-state index contributed by atoms with van der Waals surface area (Å²) in [5, 5.41) is 3.41. The fourth-order valence-electron chi connectivity index (χ4n) is 2.33. The lowest BCUT2D eigenvalue weighted by Gasteiger charge is -2.31. The Bertz CT molecular complexity index is 513. The quantitative estimate of drug-likeness (QED) is 0.934. The molecule has 6 heteroatoms. The van der Waals surface area contributed by atoms with Gasteiger partial charge in [0.15, 0.2) is 0 Å². The predicted octanol–water partition coefficient (Wildman–Crippen LogP) is 2.69. The monoisotopic (exact) mass is 310 g/mol. The van der Waals surface area contributed by atoms with Crippen LogP contribution in [0.3, 0.4) is 0 Å². The maximum atomic E-state index is 12.2. The first kappa shape index (κ1) is 15.6. The highest BCUT2D eigenvalue weighted by Gasteiger charge is 2.25. The predicted molar refractivity (Wildman–Crippen MR) is 80.5 cm³/mol. The van der Waals surface area contributed by atoms with Crippen molar-refractivity contribution in [2.24, 2.45) is 0 Å². The van der Waals surface area contributed by atoms with Gasteiger partial charge in [-0.05, 0) is 31.9 Å². The number of halogens is 1. The molecule has 0 saturated carbocycles. The maximum absolute atomic E-state index is 12.2. The largest absolute Gasteiger partial charge is 0.450 e. The molecule has 21 heavy (non-hydrogen) atoms. The van der Waals surface area contributed by atoms with Crippen LogP contribution in [0, 0.1) is 0 Å². The number of nitrogens with zero attached hydrogens (tertiary/aromatic N) is 1. The molecule has 2 rings (SSSR count). The summed E-state index contributed by atoms with van der Waals surface area (Å²) in [7, 11) is 0. The third-order valence-corrected chi connectivity index (χ3v) is 3.80. The van der Waals surface area contributed by atoms with E-state index in [4.69, 9.17) is 16.3 Å². The standard InChI is InChI=1S/C15H19ClN2O3/c1-2-21-15(20)18-9-7-11(8-10-18)17-14(19)12-5-3-4-6-13(12)16/h3-6,11H,2,7-10H2,1H3,(H,17,19). The molecule has 0 atom stereocenters. The molecular formula is C15H19ClN2O3. The van der Waals surface area contributed by atoms with Gasteiger partial charge in [0.2, 0.25) is 0 Å². The molecule has 0 unspecified atom stereocenters. The SMILES string of the molecule is CCOC(=O)N1CCC(NC(=O)c2ccccc2Cl)CC1. The van der Waals surface area contributed by atoms with Gasteiger partial charge in [-0.25, -0.2) is 4.79 Å². The van der Waals surface area contributed by atoms with Gasteiger partial charge in [-0.1, -0.05) is 23.7 Å². The first-order valence-corrected chi connectivity index (χ1v) is 7.46. The molecule has 0 aromatic heterocycles. The van der Waals surface area contributed by atoms with Crippen molar-refractivity contribution >= 4 is 23.6 Å². The number of carbonyl (C=O) groups excluding carboxylic acids is 2. The van der Waals surface area contributed by atoms with E-state index in [1.54, 1.807) is 36.1 Å². The molecule has 1 aromatic rings. The number of hydrogen-bond donors (Lipinski definition) is 1. The second-order valence-corrected chi connectivity index (χ2v) is 5.32. The number of piperidine rings is 1. The van der Waals surface area contributed by atoms with Crippen molar-refractivity contribution in [1.82, 2.24) is 10.2 Å². The Morgan fingerprint density at radius 3 is 2.62 bits per heavy atom. The zero-order valence-electron chi connectivity index (χ0n) is 12.0. The third kappa shape index (κ3) is 4.11. The van der Waals surface area contributed by atoms with Crippen LogP contribution in [0.25, 0.3) is 0 Å². The Morgan fingerprint density at radius 1 is 1.33 bits per heavy atom. The van der Waals surface area contributed by atoms with Crippen LogP contribution in [0.1, 0.15) is 30.1 Å². The van der Waals surface area contributed by atoms with Crippen LogP contribution < -0.4 is 5.32 Å². The van der Waals surface area contributed by atoms with Crippen LogP contribution in [0.15, 0.2) is 24.3 Å². The molecule has 1 aliphatic heterocycles. The number of benzene rings is 1. The third-order valence-electron chi connectivity index (χ3n) is 3.47. The normalized spacial score (nSPS) is 15.6. The minimum absolute atomic E-state index is 0.0550. The number of hydrogen-bond acceptors (Lipinski definition) is 3. The van der Waals surface area contributed by atoms with E-state index in [2.05, 4.69) is 5.32 Å². The smallest absolute Gasteiger partial charge is 0.409 e. The van der Waals surface area contributed by atoms with Gasteiger partial charge >= 0.3 is 6.09 Å². The number of carbonyl (C=O) groups is 2. The highest BCUT2D eigenvalue weighted by atomic mass is 35.5. The molecule has 0 spiro atoms. The van der Waals surface area contributed by atoms with Crippen LogP contribution in [0.2, 0.25) is 5.02 Å². The lowest BCUT2D eigenvalue weighted by molar-refractivity contribution is 0.0860. The first-order chi connectivity index (χ1) is 10.1. The van der Waals surface area contributed by atoms with E-state index in [1.165, 1.54) is 0 Å². The zero-order chi connectivity index (χ0) is 15.2. The molecule has 1 aliphatic rings. The molecule has 1 aromatic carbocycles. The molecule has 2 amide bonds. The Balaban J connectivity index is 1.85. The van der Waals surface area contributed by atoms with E-state index in [0.717, 1.165) is 12.8 Å². The van der Waals surface area contributed by atoms with E-state index >= 15 is 0 Å². The van der Waals surface area contributed by atoms with Gasteiger partial charge in [0.1, 0.15) is 0 Å².